The number of esters is 1. The molecule has 1 aliphatic rings. The van der Waals surface area contributed by atoms with Gasteiger partial charge >= 0.3 is 12.1 Å². The van der Waals surface area contributed by atoms with E-state index in [1.807, 2.05) is 30.3 Å². The number of thioether (sulfide) groups is 1. The molecule has 0 radical (unpaired) electrons. The van der Waals surface area contributed by atoms with Gasteiger partial charge in [0.15, 0.2) is 0 Å². The lowest BCUT2D eigenvalue weighted by molar-refractivity contribution is -0.144. The lowest BCUT2D eigenvalue weighted by Crippen LogP contribution is -2.51. The second-order valence-electron chi connectivity index (χ2n) is 4.88. The summed E-state index contributed by atoms with van der Waals surface area (Å²) in [5.74, 6) is -0.171. The lowest BCUT2D eigenvalue weighted by atomic mass is 10.2. The van der Waals surface area contributed by atoms with Crippen molar-refractivity contribution in [1.29, 1.82) is 0 Å². The van der Waals surface area contributed by atoms with Crippen molar-refractivity contribution >= 4 is 29.7 Å². The van der Waals surface area contributed by atoms with Crippen LogP contribution in [0.25, 0.3) is 0 Å². The zero-order chi connectivity index (χ0) is 16.7. The van der Waals surface area contributed by atoms with Crippen LogP contribution in [0.5, 0.6) is 0 Å². The molecule has 1 heterocycles. The summed E-state index contributed by atoms with van der Waals surface area (Å²) in [4.78, 5) is 35.3. The van der Waals surface area contributed by atoms with E-state index in [-0.39, 0.29) is 6.61 Å². The molecule has 2 atom stereocenters. The first-order valence-corrected chi connectivity index (χ1v) is 8.19. The van der Waals surface area contributed by atoms with E-state index in [9.17, 15) is 14.4 Å². The number of rotatable bonds is 4. The van der Waals surface area contributed by atoms with Crippen molar-refractivity contribution < 1.29 is 23.9 Å². The van der Waals surface area contributed by atoms with Gasteiger partial charge in [-0.1, -0.05) is 30.3 Å². The zero-order valence-corrected chi connectivity index (χ0v) is 13.4. The van der Waals surface area contributed by atoms with Crippen molar-refractivity contribution in [3.63, 3.8) is 0 Å². The van der Waals surface area contributed by atoms with Crippen LogP contribution in [0.3, 0.4) is 0 Å². The predicted molar refractivity (Wildman–Crippen MR) is 84.8 cm³/mol. The number of alkyl carbamates (subject to hydrolysis) is 1. The van der Waals surface area contributed by atoms with Crippen LogP contribution in [-0.2, 0) is 25.7 Å². The van der Waals surface area contributed by atoms with Gasteiger partial charge in [-0.3, -0.25) is 4.79 Å². The molecule has 1 aromatic carbocycles. The van der Waals surface area contributed by atoms with E-state index in [0.717, 1.165) is 5.56 Å². The SMILES string of the molecule is COC(=O)[C@@H]1CSC[C@@H](NC(=O)OCc2ccccc2)C(=O)N1. The van der Waals surface area contributed by atoms with E-state index < -0.39 is 30.1 Å². The standard InChI is InChI=1S/C15H18N2O5S/c1-21-14(19)12-9-23-8-11(13(18)16-12)17-15(20)22-7-10-5-3-2-4-6-10/h2-6,11-12H,7-9H2,1H3,(H,16,18)(H,17,20)/t11-,12+/m1/s1. The van der Waals surface area contributed by atoms with Crippen LogP contribution in [0.15, 0.2) is 30.3 Å². The van der Waals surface area contributed by atoms with Crippen molar-refractivity contribution in [2.75, 3.05) is 18.6 Å². The first-order chi connectivity index (χ1) is 11.1. The monoisotopic (exact) mass is 338 g/mol. The molecular weight excluding hydrogens is 320 g/mol. The molecule has 2 rings (SSSR count). The molecule has 0 aromatic heterocycles. The van der Waals surface area contributed by atoms with Gasteiger partial charge in [-0.25, -0.2) is 9.59 Å². The summed E-state index contributed by atoms with van der Waals surface area (Å²) < 4.78 is 9.70. The molecule has 0 saturated carbocycles. The third-order valence-corrected chi connectivity index (χ3v) is 4.33. The van der Waals surface area contributed by atoms with Crippen LogP contribution in [0, 0.1) is 0 Å². The van der Waals surface area contributed by atoms with Crippen LogP contribution >= 0.6 is 11.8 Å². The van der Waals surface area contributed by atoms with Crippen LogP contribution in [0.4, 0.5) is 4.79 Å². The summed E-state index contributed by atoms with van der Waals surface area (Å²) in [5.41, 5.74) is 0.855. The summed E-state index contributed by atoms with van der Waals surface area (Å²) in [6.45, 7) is 0.124. The first kappa shape index (κ1) is 17.1. The van der Waals surface area contributed by atoms with Gasteiger partial charge < -0.3 is 20.1 Å². The maximum Gasteiger partial charge on any atom is 0.408 e. The number of nitrogens with one attached hydrogen (secondary N) is 2. The van der Waals surface area contributed by atoms with Crippen LogP contribution in [0.2, 0.25) is 0 Å². The van der Waals surface area contributed by atoms with Crippen LogP contribution < -0.4 is 10.6 Å². The van der Waals surface area contributed by atoms with Gasteiger partial charge in [-0.15, -0.1) is 0 Å². The summed E-state index contributed by atoms with van der Waals surface area (Å²) >= 11 is 1.38. The van der Waals surface area contributed by atoms with Gasteiger partial charge in [0.05, 0.1) is 7.11 Å². The van der Waals surface area contributed by atoms with Crippen molar-refractivity contribution in [2.45, 2.75) is 18.7 Å². The Labute approximate surface area is 138 Å². The number of carbonyl (C=O) groups is 3. The number of hydrogen-bond acceptors (Lipinski definition) is 6. The summed E-state index contributed by atoms with van der Waals surface area (Å²) in [6.07, 6.45) is -0.675. The maximum atomic E-state index is 12.1. The smallest absolute Gasteiger partial charge is 0.408 e. The van der Waals surface area contributed by atoms with Crippen LogP contribution in [-0.4, -0.2) is 48.7 Å². The van der Waals surface area contributed by atoms with Gasteiger partial charge in [0.1, 0.15) is 18.7 Å². The Bertz CT molecular complexity index is 566. The fourth-order valence-electron chi connectivity index (χ4n) is 1.98. The number of amides is 2. The van der Waals surface area contributed by atoms with E-state index in [1.165, 1.54) is 18.9 Å². The highest BCUT2D eigenvalue weighted by Crippen LogP contribution is 2.12. The highest BCUT2D eigenvalue weighted by molar-refractivity contribution is 7.99. The maximum absolute atomic E-state index is 12.1. The minimum absolute atomic E-state index is 0.124. The van der Waals surface area contributed by atoms with Gasteiger partial charge in [0.25, 0.3) is 0 Å². The molecular formula is C15H18N2O5S. The Kier molecular flexibility index (Phi) is 6.28. The van der Waals surface area contributed by atoms with Crippen LogP contribution in [0.1, 0.15) is 5.56 Å². The Morgan fingerprint density at radius 3 is 2.74 bits per heavy atom. The van der Waals surface area contributed by atoms with Crippen molar-refractivity contribution in [3.05, 3.63) is 35.9 Å². The third kappa shape index (κ3) is 5.17. The zero-order valence-electron chi connectivity index (χ0n) is 12.6. The minimum atomic E-state index is -0.752. The van der Waals surface area contributed by atoms with E-state index in [0.29, 0.717) is 11.5 Å². The van der Waals surface area contributed by atoms with E-state index in [4.69, 9.17) is 4.74 Å². The molecule has 23 heavy (non-hydrogen) atoms. The summed E-state index contributed by atoms with van der Waals surface area (Å²) in [7, 11) is 1.26. The molecule has 1 saturated heterocycles. The van der Waals surface area contributed by atoms with Crippen molar-refractivity contribution in [3.8, 4) is 0 Å². The van der Waals surface area contributed by atoms with E-state index in [1.54, 1.807) is 0 Å². The minimum Gasteiger partial charge on any atom is -0.467 e. The summed E-state index contributed by atoms with van der Waals surface area (Å²) in [5, 5.41) is 5.06. The molecule has 2 amide bonds. The molecule has 0 spiro atoms. The number of methoxy groups -OCH3 is 1. The number of benzene rings is 1. The Morgan fingerprint density at radius 1 is 1.30 bits per heavy atom. The highest BCUT2D eigenvalue weighted by Gasteiger charge is 2.31. The molecule has 124 valence electrons. The van der Waals surface area contributed by atoms with E-state index >= 15 is 0 Å². The van der Waals surface area contributed by atoms with Gasteiger partial charge in [-0.05, 0) is 5.56 Å². The third-order valence-electron chi connectivity index (χ3n) is 3.19. The molecule has 1 fully saturated rings. The molecule has 0 bridgehead atoms. The number of ether oxygens (including phenoxy) is 2. The molecule has 0 unspecified atom stereocenters. The average molecular weight is 338 g/mol. The number of carbonyl (C=O) groups excluding carboxylic acids is 3. The topological polar surface area (TPSA) is 93.7 Å². The van der Waals surface area contributed by atoms with Gasteiger partial charge in [-0.2, -0.15) is 11.8 Å². The summed E-state index contributed by atoms with van der Waals surface area (Å²) in [6, 6.07) is 7.78. The first-order valence-electron chi connectivity index (χ1n) is 7.03. The van der Waals surface area contributed by atoms with Gasteiger partial charge in [0.2, 0.25) is 5.91 Å². The fourth-order valence-corrected chi connectivity index (χ4v) is 3.04. The lowest BCUT2D eigenvalue weighted by Gasteiger charge is -2.16. The van der Waals surface area contributed by atoms with E-state index in [2.05, 4.69) is 15.4 Å². The Hall–Kier alpha value is -2.22. The quantitative estimate of drug-likeness (QED) is 0.785. The second kappa shape index (κ2) is 8.42. The molecule has 0 aliphatic carbocycles. The van der Waals surface area contributed by atoms with Crippen molar-refractivity contribution in [2.24, 2.45) is 0 Å². The highest BCUT2D eigenvalue weighted by atomic mass is 32.2. The molecule has 8 heteroatoms. The molecule has 1 aromatic rings. The second-order valence-corrected chi connectivity index (χ2v) is 5.96. The normalized spacial score (nSPS) is 20.8. The predicted octanol–water partition coefficient (Wildman–Crippen LogP) is 0.686. The van der Waals surface area contributed by atoms with Gasteiger partial charge in [0, 0.05) is 11.5 Å². The Morgan fingerprint density at radius 2 is 2.04 bits per heavy atom. The molecule has 7 nitrogen and oxygen atoms in total. The molecule has 2 N–H and O–H groups in total. The van der Waals surface area contributed by atoms with Crippen molar-refractivity contribution in [1.82, 2.24) is 10.6 Å². The average Bonchev–Trinajstić information content (AvgIpc) is 2.75. The Balaban J connectivity index is 1.83. The fraction of sp³-hybridized carbons (Fsp3) is 0.400. The number of hydrogen-bond donors (Lipinski definition) is 2. The molecule has 1 aliphatic heterocycles. The largest absolute Gasteiger partial charge is 0.467 e.